The summed E-state index contributed by atoms with van der Waals surface area (Å²) in [6, 6.07) is 12.5. The standard InChI is InChI=1S/C23H18F3N3O4/c1-33-15-5-6-17-16(12-15)22(30)20-18(7-8-19(29(31)32)21(20)28-17)27-10-9-13-3-2-4-14(11-13)23(24,25)26/h2-8,11-12,27H,9-10H2,1H3,(H,28,30). The van der Waals surface area contributed by atoms with Crippen LogP contribution in [0.15, 0.2) is 59.4 Å². The summed E-state index contributed by atoms with van der Waals surface area (Å²) in [5.74, 6) is 0.455. The van der Waals surface area contributed by atoms with Crippen molar-refractivity contribution in [2.24, 2.45) is 0 Å². The molecular formula is C23H18F3N3O4. The molecule has 0 spiro atoms. The second-order valence-corrected chi connectivity index (χ2v) is 7.38. The zero-order valence-corrected chi connectivity index (χ0v) is 17.3. The Balaban J connectivity index is 1.73. The van der Waals surface area contributed by atoms with Crippen molar-refractivity contribution in [3.63, 3.8) is 0 Å². The summed E-state index contributed by atoms with van der Waals surface area (Å²) in [7, 11) is 1.46. The molecule has 0 saturated heterocycles. The van der Waals surface area contributed by atoms with E-state index in [1.807, 2.05) is 0 Å². The lowest BCUT2D eigenvalue weighted by molar-refractivity contribution is -0.383. The van der Waals surface area contributed by atoms with Crippen LogP contribution in [-0.4, -0.2) is 23.6 Å². The number of methoxy groups -OCH3 is 1. The minimum absolute atomic E-state index is 0.0618. The molecule has 1 heterocycles. The molecule has 0 bridgehead atoms. The lowest BCUT2D eigenvalue weighted by atomic mass is 10.1. The highest BCUT2D eigenvalue weighted by Crippen LogP contribution is 2.31. The van der Waals surface area contributed by atoms with Gasteiger partial charge in [0.2, 0.25) is 0 Å². The van der Waals surface area contributed by atoms with E-state index in [0.29, 0.717) is 27.9 Å². The Kier molecular flexibility index (Phi) is 5.67. The molecule has 1 aromatic heterocycles. The number of halogens is 3. The van der Waals surface area contributed by atoms with Crippen LogP contribution in [0.25, 0.3) is 21.8 Å². The predicted octanol–water partition coefficient (Wildman–Crippen LogP) is 5.27. The van der Waals surface area contributed by atoms with Crippen LogP contribution in [0.1, 0.15) is 11.1 Å². The third-order valence-electron chi connectivity index (χ3n) is 5.32. The minimum Gasteiger partial charge on any atom is -0.497 e. The van der Waals surface area contributed by atoms with E-state index >= 15 is 0 Å². The number of H-pyrrole nitrogens is 1. The maximum absolute atomic E-state index is 13.3. The molecule has 0 radical (unpaired) electrons. The van der Waals surface area contributed by atoms with Crippen LogP contribution in [0.4, 0.5) is 24.5 Å². The van der Waals surface area contributed by atoms with Gasteiger partial charge < -0.3 is 15.0 Å². The summed E-state index contributed by atoms with van der Waals surface area (Å²) in [4.78, 5) is 27.2. The first kappa shape index (κ1) is 22.1. The van der Waals surface area contributed by atoms with Crippen molar-refractivity contribution in [3.8, 4) is 5.75 Å². The predicted molar refractivity (Wildman–Crippen MR) is 119 cm³/mol. The Morgan fingerprint density at radius 3 is 2.61 bits per heavy atom. The smallest absolute Gasteiger partial charge is 0.416 e. The van der Waals surface area contributed by atoms with E-state index in [2.05, 4.69) is 10.3 Å². The van der Waals surface area contributed by atoms with Gasteiger partial charge in [0.25, 0.3) is 5.69 Å². The summed E-state index contributed by atoms with van der Waals surface area (Å²) >= 11 is 0. The summed E-state index contributed by atoms with van der Waals surface area (Å²) < 4.78 is 44.0. The van der Waals surface area contributed by atoms with Gasteiger partial charge in [-0.3, -0.25) is 14.9 Å². The largest absolute Gasteiger partial charge is 0.497 e. The normalized spacial score (nSPS) is 11.6. The number of aromatic nitrogens is 1. The molecule has 2 N–H and O–H groups in total. The molecule has 7 nitrogen and oxygen atoms in total. The number of nitrogens with zero attached hydrogens (tertiary/aromatic N) is 1. The number of anilines is 1. The number of hydrogen-bond acceptors (Lipinski definition) is 5. The lowest BCUT2D eigenvalue weighted by Gasteiger charge is -2.12. The third kappa shape index (κ3) is 4.32. The lowest BCUT2D eigenvalue weighted by Crippen LogP contribution is -2.12. The number of nitrogens with one attached hydrogen (secondary N) is 2. The zero-order valence-electron chi connectivity index (χ0n) is 17.3. The Labute approximate surface area is 185 Å². The molecule has 0 aliphatic rings. The minimum atomic E-state index is -4.44. The van der Waals surface area contributed by atoms with Crippen molar-refractivity contribution in [1.82, 2.24) is 4.98 Å². The summed E-state index contributed by atoms with van der Waals surface area (Å²) in [5, 5.41) is 15.0. The van der Waals surface area contributed by atoms with E-state index in [-0.39, 0.29) is 29.6 Å². The first-order chi connectivity index (χ1) is 15.7. The van der Waals surface area contributed by atoms with E-state index in [9.17, 15) is 28.1 Å². The molecule has 0 fully saturated rings. The number of nitro groups is 1. The average Bonchev–Trinajstić information content (AvgIpc) is 2.78. The Morgan fingerprint density at radius 2 is 1.91 bits per heavy atom. The maximum Gasteiger partial charge on any atom is 0.416 e. The number of fused-ring (bicyclic) bond motifs is 2. The van der Waals surface area contributed by atoms with E-state index in [1.54, 1.807) is 24.3 Å². The van der Waals surface area contributed by atoms with Crippen LogP contribution < -0.4 is 15.5 Å². The number of non-ortho nitro benzene ring substituents is 1. The van der Waals surface area contributed by atoms with Gasteiger partial charge in [-0.1, -0.05) is 18.2 Å². The molecular weight excluding hydrogens is 439 g/mol. The number of alkyl halides is 3. The molecule has 0 amide bonds. The highest BCUT2D eigenvalue weighted by atomic mass is 19.4. The molecule has 0 aliphatic carbocycles. The Morgan fingerprint density at radius 1 is 1.12 bits per heavy atom. The number of hydrogen-bond donors (Lipinski definition) is 2. The number of ether oxygens (including phenoxy) is 1. The zero-order chi connectivity index (χ0) is 23.8. The van der Waals surface area contributed by atoms with Crippen molar-refractivity contribution in [3.05, 3.63) is 86.1 Å². The van der Waals surface area contributed by atoms with E-state index in [1.165, 1.54) is 25.3 Å². The fraction of sp³-hybridized carbons (Fsp3) is 0.174. The highest BCUT2D eigenvalue weighted by Gasteiger charge is 2.30. The molecule has 0 atom stereocenters. The van der Waals surface area contributed by atoms with Crippen LogP contribution in [0.5, 0.6) is 5.75 Å². The van der Waals surface area contributed by atoms with Crippen LogP contribution in [0.3, 0.4) is 0 Å². The monoisotopic (exact) mass is 457 g/mol. The van der Waals surface area contributed by atoms with E-state index < -0.39 is 22.1 Å². The van der Waals surface area contributed by atoms with Gasteiger partial charge in [0.05, 0.1) is 28.5 Å². The molecule has 33 heavy (non-hydrogen) atoms. The van der Waals surface area contributed by atoms with E-state index in [4.69, 9.17) is 4.74 Å². The average molecular weight is 457 g/mol. The van der Waals surface area contributed by atoms with Crippen LogP contribution >= 0.6 is 0 Å². The van der Waals surface area contributed by atoms with Gasteiger partial charge in [-0.05, 0) is 42.3 Å². The topological polar surface area (TPSA) is 97.3 Å². The van der Waals surface area contributed by atoms with Gasteiger partial charge in [-0.2, -0.15) is 13.2 Å². The fourth-order valence-electron chi connectivity index (χ4n) is 3.71. The number of pyridine rings is 1. The van der Waals surface area contributed by atoms with E-state index in [0.717, 1.165) is 12.1 Å². The number of aromatic amines is 1. The number of nitro benzene ring substituents is 1. The number of rotatable bonds is 6. The van der Waals surface area contributed by atoms with Crippen LogP contribution in [0, 0.1) is 10.1 Å². The molecule has 0 unspecified atom stereocenters. The van der Waals surface area contributed by atoms with Crippen molar-refractivity contribution in [2.45, 2.75) is 12.6 Å². The Bertz CT molecular complexity index is 1430. The van der Waals surface area contributed by atoms with Gasteiger partial charge in [0.1, 0.15) is 11.3 Å². The van der Waals surface area contributed by atoms with Crippen molar-refractivity contribution < 1.29 is 22.8 Å². The second kappa shape index (κ2) is 8.45. The van der Waals surface area contributed by atoms with Gasteiger partial charge >= 0.3 is 6.18 Å². The van der Waals surface area contributed by atoms with Gasteiger partial charge in [-0.25, -0.2) is 0 Å². The molecule has 0 saturated carbocycles. The Hall–Kier alpha value is -4.08. The van der Waals surface area contributed by atoms with Crippen molar-refractivity contribution in [1.29, 1.82) is 0 Å². The molecule has 170 valence electrons. The second-order valence-electron chi connectivity index (χ2n) is 7.38. The fourth-order valence-corrected chi connectivity index (χ4v) is 3.71. The van der Waals surface area contributed by atoms with Crippen molar-refractivity contribution in [2.75, 3.05) is 19.0 Å². The summed E-state index contributed by atoms with van der Waals surface area (Å²) in [6.45, 7) is 0.212. The SMILES string of the molecule is COc1ccc2[nH]c3c([N+](=O)[O-])ccc(NCCc4cccc(C(F)(F)F)c4)c3c(=O)c2c1. The summed E-state index contributed by atoms with van der Waals surface area (Å²) in [6.07, 6.45) is -4.19. The van der Waals surface area contributed by atoms with Gasteiger partial charge in [0, 0.05) is 23.7 Å². The van der Waals surface area contributed by atoms with Crippen LogP contribution in [-0.2, 0) is 12.6 Å². The quantitative estimate of drug-likeness (QED) is 0.234. The number of benzene rings is 3. The van der Waals surface area contributed by atoms with Gasteiger partial charge in [-0.15, -0.1) is 0 Å². The first-order valence-electron chi connectivity index (χ1n) is 9.90. The van der Waals surface area contributed by atoms with Gasteiger partial charge in [0.15, 0.2) is 5.43 Å². The third-order valence-corrected chi connectivity index (χ3v) is 5.32. The molecule has 3 aromatic carbocycles. The summed E-state index contributed by atoms with van der Waals surface area (Å²) in [5.41, 5.74) is -0.144. The highest BCUT2D eigenvalue weighted by molar-refractivity contribution is 6.03. The molecule has 4 aromatic rings. The molecule has 4 rings (SSSR count). The molecule has 10 heteroatoms. The van der Waals surface area contributed by atoms with Crippen LogP contribution in [0.2, 0.25) is 0 Å². The maximum atomic E-state index is 13.3. The first-order valence-corrected chi connectivity index (χ1v) is 9.90. The molecule has 0 aliphatic heterocycles. The van der Waals surface area contributed by atoms with Crippen molar-refractivity contribution >= 4 is 33.2 Å².